The van der Waals surface area contributed by atoms with Crippen molar-refractivity contribution in [3.05, 3.63) is 65.5 Å². The van der Waals surface area contributed by atoms with Crippen LogP contribution in [0.4, 0.5) is 0 Å². The van der Waals surface area contributed by atoms with E-state index in [2.05, 4.69) is 48.1 Å². The number of hydrogen-bond acceptors (Lipinski definition) is 3. The average molecular weight is 299 g/mol. The minimum absolute atomic E-state index is 0.0255. The Morgan fingerprint density at radius 2 is 1.81 bits per heavy atom. The number of likely N-dealkylation sites (N-methyl/N-ethyl adjacent to an activating group) is 1. The van der Waals surface area contributed by atoms with Gasteiger partial charge in [0.2, 0.25) is 0 Å². The van der Waals surface area contributed by atoms with Crippen molar-refractivity contribution in [3.63, 3.8) is 0 Å². The SMILES string of the molecule is Cc1ccc(C(C(N)=S)N(C)CCc2ccncc2)cc1. The zero-order valence-electron chi connectivity index (χ0n) is 12.5. The van der Waals surface area contributed by atoms with E-state index in [1.165, 1.54) is 11.1 Å². The average Bonchev–Trinajstić information content (AvgIpc) is 2.48. The number of benzene rings is 1. The molecule has 0 saturated carbocycles. The van der Waals surface area contributed by atoms with Gasteiger partial charge in [0.15, 0.2) is 0 Å². The van der Waals surface area contributed by atoms with Crippen LogP contribution in [0.25, 0.3) is 0 Å². The zero-order chi connectivity index (χ0) is 15.2. The molecule has 2 rings (SSSR count). The van der Waals surface area contributed by atoms with E-state index in [0.29, 0.717) is 4.99 Å². The van der Waals surface area contributed by atoms with Crippen molar-refractivity contribution in [1.82, 2.24) is 9.88 Å². The fourth-order valence-corrected chi connectivity index (χ4v) is 2.68. The molecule has 0 bridgehead atoms. The fraction of sp³-hybridized carbons (Fsp3) is 0.294. The van der Waals surface area contributed by atoms with Crippen LogP contribution in [-0.2, 0) is 6.42 Å². The number of rotatable bonds is 6. The first-order valence-electron chi connectivity index (χ1n) is 7.03. The van der Waals surface area contributed by atoms with Crippen LogP contribution < -0.4 is 5.73 Å². The normalized spacial score (nSPS) is 12.3. The van der Waals surface area contributed by atoms with Gasteiger partial charge in [-0.2, -0.15) is 0 Å². The highest BCUT2D eigenvalue weighted by Gasteiger charge is 2.19. The largest absolute Gasteiger partial charge is 0.392 e. The number of thiocarbonyl (C=S) groups is 1. The Hall–Kier alpha value is -1.78. The molecule has 1 unspecified atom stereocenters. The molecule has 1 atom stereocenters. The van der Waals surface area contributed by atoms with Crippen molar-refractivity contribution in [1.29, 1.82) is 0 Å². The lowest BCUT2D eigenvalue weighted by Crippen LogP contribution is -2.35. The Morgan fingerprint density at radius 1 is 1.19 bits per heavy atom. The number of aryl methyl sites for hydroxylation is 1. The highest BCUT2D eigenvalue weighted by atomic mass is 32.1. The number of pyridine rings is 1. The highest BCUT2D eigenvalue weighted by molar-refractivity contribution is 7.80. The molecule has 0 fully saturated rings. The Kier molecular flexibility index (Phi) is 5.42. The van der Waals surface area contributed by atoms with Gasteiger partial charge in [0.05, 0.1) is 11.0 Å². The van der Waals surface area contributed by atoms with E-state index in [1.54, 1.807) is 0 Å². The summed E-state index contributed by atoms with van der Waals surface area (Å²) in [5, 5.41) is 0. The topological polar surface area (TPSA) is 42.1 Å². The quantitative estimate of drug-likeness (QED) is 0.833. The van der Waals surface area contributed by atoms with Gasteiger partial charge >= 0.3 is 0 Å². The van der Waals surface area contributed by atoms with Crippen LogP contribution in [0, 0.1) is 6.92 Å². The molecule has 0 spiro atoms. The smallest absolute Gasteiger partial charge is 0.0948 e. The van der Waals surface area contributed by atoms with Crippen molar-refractivity contribution in [2.24, 2.45) is 5.73 Å². The molecule has 2 aromatic rings. The second-order valence-electron chi connectivity index (χ2n) is 5.30. The lowest BCUT2D eigenvalue weighted by molar-refractivity contribution is 0.305. The highest BCUT2D eigenvalue weighted by Crippen LogP contribution is 2.20. The fourth-order valence-electron chi connectivity index (χ4n) is 2.37. The molecule has 0 saturated heterocycles. The van der Waals surface area contributed by atoms with Gasteiger partial charge in [0.25, 0.3) is 0 Å². The molecule has 1 aromatic carbocycles. The van der Waals surface area contributed by atoms with Crippen LogP contribution in [0.1, 0.15) is 22.7 Å². The van der Waals surface area contributed by atoms with Gasteiger partial charge in [0, 0.05) is 18.9 Å². The summed E-state index contributed by atoms with van der Waals surface area (Å²) in [7, 11) is 2.06. The predicted octanol–water partition coefficient (Wildman–Crippen LogP) is 2.89. The van der Waals surface area contributed by atoms with E-state index < -0.39 is 0 Å². The summed E-state index contributed by atoms with van der Waals surface area (Å²) in [4.78, 5) is 6.75. The van der Waals surface area contributed by atoms with Crippen molar-refractivity contribution in [3.8, 4) is 0 Å². The second-order valence-corrected chi connectivity index (χ2v) is 5.77. The van der Waals surface area contributed by atoms with Gasteiger partial charge in [0.1, 0.15) is 0 Å². The van der Waals surface area contributed by atoms with Crippen molar-refractivity contribution < 1.29 is 0 Å². The van der Waals surface area contributed by atoms with E-state index in [9.17, 15) is 0 Å². The molecule has 0 aliphatic rings. The minimum Gasteiger partial charge on any atom is -0.392 e. The van der Waals surface area contributed by atoms with Gasteiger partial charge in [-0.1, -0.05) is 42.0 Å². The Bertz CT molecular complexity index is 581. The maximum Gasteiger partial charge on any atom is 0.0948 e. The molecule has 1 aromatic heterocycles. The maximum atomic E-state index is 5.96. The Labute approximate surface area is 131 Å². The van der Waals surface area contributed by atoms with Gasteiger partial charge in [-0.3, -0.25) is 9.88 Å². The van der Waals surface area contributed by atoms with Gasteiger partial charge < -0.3 is 5.73 Å². The number of nitrogens with zero attached hydrogens (tertiary/aromatic N) is 2. The first-order valence-corrected chi connectivity index (χ1v) is 7.44. The molecule has 4 heteroatoms. The lowest BCUT2D eigenvalue weighted by Gasteiger charge is -2.27. The second kappa shape index (κ2) is 7.29. The molecule has 2 N–H and O–H groups in total. The molecule has 0 aliphatic heterocycles. The van der Waals surface area contributed by atoms with Gasteiger partial charge in [-0.15, -0.1) is 0 Å². The molecular weight excluding hydrogens is 278 g/mol. The monoisotopic (exact) mass is 299 g/mol. The van der Waals surface area contributed by atoms with Crippen LogP contribution in [0.15, 0.2) is 48.8 Å². The summed E-state index contributed by atoms with van der Waals surface area (Å²) in [5.74, 6) is 0. The summed E-state index contributed by atoms with van der Waals surface area (Å²) in [5.41, 5.74) is 9.60. The van der Waals surface area contributed by atoms with E-state index in [1.807, 2.05) is 24.5 Å². The first kappa shape index (κ1) is 15.6. The van der Waals surface area contributed by atoms with Crippen molar-refractivity contribution in [2.75, 3.05) is 13.6 Å². The predicted molar refractivity (Wildman–Crippen MR) is 91.3 cm³/mol. The van der Waals surface area contributed by atoms with Crippen molar-refractivity contribution >= 4 is 17.2 Å². The van der Waals surface area contributed by atoms with Crippen LogP contribution in [0.3, 0.4) is 0 Å². The lowest BCUT2D eigenvalue weighted by atomic mass is 10.0. The molecule has 110 valence electrons. The third kappa shape index (κ3) is 4.34. The van der Waals surface area contributed by atoms with E-state index in [0.717, 1.165) is 18.5 Å². The molecule has 21 heavy (non-hydrogen) atoms. The first-order chi connectivity index (χ1) is 10.1. The summed E-state index contributed by atoms with van der Waals surface area (Å²) >= 11 is 5.27. The molecule has 0 radical (unpaired) electrons. The van der Waals surface area contributed by atoms with E-state index in [4.69, 9.17) is 18.0 Å². The van der Waals surface area contributed by atoms with Gasteiger partial charge in [-0.05, 0) is 43.7 Å². The third-order valence-electron chi connectivity index (χ3n) is 3.61. The van der Waals surface area contributed by atoms with Gasteiger partial charge in [-0.25, -0.2) is 0 Å². The van der Waals surface area contributed by atoms with Crippen LogP contribution in [-0.4, -0.2) is 28.5 Å². The molecule has 1 heterocycles. The van der Waals surface area contributed by atoms with E-state index in [-0.39, 0.29) is 6.04 Å². The molecule has 0 aliphatic carbocycles. The third-order valence-corrected chi connectivity index (χ3v) is 3.83. The summed E-state index contributed by atoms with van der Waals surface area (Å²) in [6, 6.07) is 12.4. The zero-order valence-corrected chi connectivity index (χ0v) is 13.3. The molecule has 0 amide bonds. The number of aromatic nitrogens is 1. The summed E-state index contributed by atoms with van der Waals surface area (Å²) in [6.45, 7) is 2.96. The maximum absolute atomic E-state index is 5.96. The number of hydrogen-bond donors (Lipinski definition) is 1. The van der Waals surface area contributed by atoms with Crippen LogP contribution in [0.2, 0.25) is 0 Å². The minimum atomic E-state index is -0.0255. The molecule has 3 nitrogen and oxygen atoms in total. The standard InChI is InChI=1S/C17H21N3S/c1-13-3-5-15(6-4-13)16(17(18)21)20(2)12-9-14-7-10-19-11-8-14/h3-8,10-11,16H,9,12H2,1-2H3,(H2,18,21). The summed E-state index contributed by atoms with van der Waals surface area (Å²) < 4.78 is 0. The van der Waals surface area contributed by atoms with Crippen molar-refractivity contribution in [2.45, 2.75) is 19.4 Å². The number of nitrogens with two attached hydrogens (primary N) is 1. The Morgan fingerprint density at radius 3 is 2.38 bits per heavy atom. The van der Waals surface area contributed by atoms with Crippen LogP contribution in [0.5, 0.6) is 0 Å². The van der Waals surface area contributed by atoms with E-state index >= 15 is 0 Å². The molecular formula is C17H21N3S. The summed E-state index contributed by atoms with van der Waals surface area (Å²) in [6.07, 6.45) is 4.59. The Balaban J connectivity index is 2.07. The van der Waals surface area contributed by atoms with Crippen LogP contribution >= 0.6 is 12.2 Å².